The van der Waals surface area contributed by atoms with Crippen molar-refractivity contribution in [2.24, 2.45) is 0 Å². The highest BCUT2D eigenvalue weighted by Crippen LogP contribution is 2.40. The number of carbonyl (C=O) groups excluding carboxylic acids is 1. The molecule has 4 aromatic rings. The Kier molecular flexibility index (Phi) is 5.72. The van der Waals surface area contributed by atoms with Gasteiger partial charge in [-0.25, -0.2) is 19.1 Å². The Morgan fingerprint density at radius 1 is 1.06 bits per heavy atom. The number of pyridine rings is 1. The number of nitrogens with zero attached hydrogens (tertiary/aromatic N) is 3. The Morgan fingerprint density at radius 3 is 2.51 bits per heavy atom. The molecule has 0 radical (unpaired) electrons. The summed E-state index contributed by atoms with van der Waals surface area (Å²) in [4.78, 5) is 45.3. The van der Waals surface area contributed by atoms with E-state index in [0.717, 1.165) is 28.5 Å². The molecule has 1 fully saturated rings. The summed E-state index contributed by atoms with van der Waals surface area (Å²) in [6, 6.07) is 16.2. The highest BCUT2D eigenvalue weighted by Gasteiger charge is 2.30. The number of methoxy groups -OCH3 is 2. The summed E-state index contributed by atoms with van der Waals surface area (Å²) in [5.41, 5.74) is 1.96. The molecule has 0 saturated heterocycles. The van der Waals surface area contributed by atoms with Crippen LogP contribution in [0.4, 0.5) is 0 Å². The maximum Gasteiger partial charge on any atom is 0.338 e. The van der Waals surface area contributed by atoms with Crippen molar-refractivity contribution in [1.29, 1.82) is 0 Å². The molecule has 2 aromatic heterocycles. The lowest BCUT2D eigenvalue weighted by Crippen LogP contribution is -2.41. The van der Waals surface area contributed by atoms with Gasteiger partial charge in [-0.1, -0.05) is 42.0 Å². The van der Waals surface area contributed by atoms with Crippen LogP contribution in [0.15, 0.2) is 64.2 Å². The van der Waals surface area contributed by atoms with Crippen molar-refractivity contribution < 1.29 is 14.3 Å². The van der Waals surface area contributed by atoms with Crippen LogP contribution in [0, 0.1) is 6.92 Å². The summed E-state index contributed by atoms with van der Waals surface area (Å²) >= 11 is 0. The number of rotatable bonds is 6. The molecule has 1 saturated carbocycles. The molecule has 8 heteroatoms. The molecule has 35 heavy (non-hydrogen) atoms. The molecule has 178 valence electrons. The second kappa shape index (κ2) is 8.87. The van der Waals surface area contributed by atoms with E-state index in [1.807, 2.05) is 31.2 Å². The van der Waals surface area contributed by atoms with E-state index in [4.69, 9.17) is 14.5 Å². The summed E-state index contributed by atoms with van der Waals surface area (Å²) in [6.45, 7) is 1.98. The number of ether oxygens (including phenoxy) is 2. The topological polar surface area (TPSA) is 92.4 Å². The van der Waals surface area contributed by atoms with Crippen molar-refractivity contribution in [2.75, 3.05) is 14.2 Å². The van der Waals surface area contributed by atoms with Gasteiger partial charge in [0, 0.05) is 11.6 Å². The number of aromatic nitrogens is 3. The zero-order valence-corrected chi connectivity index (χ0v) is 19.8. The minimum atomic E-state index is -0.649. The second-order valence-electron chi connectivity index (χ2n) is 8.73. The van der Waals surface area contributed by atoms with Crippen LogP contribution in [0.2, 0.25) is 0 Å². The van der Waals surface area contributed by atoms with Crippen molar-refractivity contribution in [3.05, 3.63) is 97.8 Å². The van der Waals surface area contributed by atoms with E-state index in [2.05, 4.69) is 0 Å². The van der Waals surface area contributed by atoms with Gasteiger partial charge in [-0.15, -0.1) is 0 Å². The fraction of sp³-hybridized carbons (Fsp3) is 0.259. The van der Waals surface area contributed by atoms with Gasteiger partial charge in [0.15, 0.2) is 5.65 Å². The predicted molar refractivity (Wildman–Crippen MR) is 132 cm³/mol. The van der Waals surface area contributed by atoms with E-state index >= 15 is 0 Å². The van der Waals surface area contributed by atoms with Crippen molar-refractivity contribution in [2.45, 2.75) is 32.2 Å². The number of hydrogen-bond acceptors (Lipinski definition) is 6. The highest BCUT2D eigenvalue weighted by atomic mass is 16.5. The fourth-order valence-electron chi connectivity index (χ4n) is 4.38. The molecule has 0 amide bonds. The Morgan fingerprint density at radius 2 is 1.83 bits per heavy atom. The number of benzene rings is 2. The molecule has 0 N–H and O–H groups in total. The fourth-order valence-corrected chi connectivity index (χ4v) is 4.38. The first-order valence-electron chi connectivity index (χ1n) is 11.4. The molecule has 2 aromatic carbocycles. The van der Waals surface area contributed by atoms with Crippen molar-refractivity contribution in [3.8, 4) is 11.4 Å². The Labute approximate surface area is 201 Å². The summed E-state index contributed by atoms with van der Waals surface area (Å²) in [6.07, 6.45) is 1.87. The molecule has 8 nitrogen and oxygen atoms in total. The summed E-state index contributed by atoms with van der Waals surface area (Å²) in [7, 11) is 2.78. The van der Waals surface area contributed by atoms with Gasteiger partial charge in [0.2, 0.25) is 0 Å². The van der Waals surface area contributed by atoms with Gasteiger partial charge >= 0.3 is 11.7 Å². The zero-order chi connectivity index (χ0) is 24.7. The third-order valence-electron chi connectivity index (χ3n) is 6.26. The Bertz CT molecular complexity index is 1580. The summed E-state index contributed by atoms with van der Waals surface area (Å²) < 4.78 is 13.1. The monoisotopic (exact) mass is 471 g/mol. The quantitative estimate of drug-likeness (QED) is 0.399. The average Bonchev–Trinajstić information content (AvgIpc) is 3.71. The molecule has 1 aliphatic carbocycles. The normalized spacial score (nSPS) is 13.1. The van der Waals surface area contributed by atoms with E-state index < -0.39 is 17.2 Å². The van der Waals surface area contributed by atoms with Crippen molar-refractivity contribution in [1.82, 2.24) is 14.1 Å². The first kappa shape index (κ1) is 22.6. The maximum absolute atomic E-state index is 13.9. The maximum atomic E-state index is 13.9. The van der Waals surface area contributed by atoms with Crippen molar-refractivity contribution >= 4 is 17.0 Å². The zero-order valence-electron chi connectivity index (χ0n) is 19.8. The molecule has 1 aliphatic rings. The van der Waals surface area contributed by atoms with Gasteiger partial charge in [-0.2, -0.15) is 0 Å². The van der Waals surface area contributed by atoms with Crippen molar-refractivity contribution in [3.63, 3.8) is 0 Å². The van der Waals surface area contributed by atoms with Crippen LogP contribution in [-0.4, -0.2) is 34.3 Å². The van der Waals surface area contributed by atoms with Crippen LogP contribution in [0.5, 0.6) is 5.75 Å². The first-order chi connectivity index (χ1) is 16.9. The molecular weight excluding hydrogens is 446 g/mol. The lowest BCUT2D eigenvalue weighted by atomic mass is 10.1. The SMILES string of the molecule is COC(=O)c1cc(C2CC2)nc2c1c(=O)n(Cc1cccc(C)c1)c(=O)n2-c1ccccc1OC. The molecule has 0 atom stereocenters. The minimum Gasteiger partial charge on any atom is -0.495 e. The van der Waals surface area contributed by atoms with E-state index in [1.54, 1.807) is 30.3 Å². The highest BCUT2D eigenvalue weighted by molar-refractivity contribution is 6.02. The summed E-state index contributed by atoms with van der Waals surface area (Å²) in [5.74, 6) is -0.0302. The van der Waals surface area contributed by atoms with Gasteiger partial charge < -0.3 is 9.47 Å². The van der Waals surface area contributed by atoms with Gasteiger partial charge in [0.25, 0.3) is 5.56 Å². The molecule has 0 aliphatic heterocycles. The Balaban J connectivity index is 1.92. The molecular formula is C27H25N3O5. The van der Waals surface area contributed by atoms with Crippen LogP contribution in [-0.2, 0) is 11.3 Å². The van der Waals surface area contributed by atoms with E-state index in [1.165, 1.54) is 18.8 Å². The van der Waals surface area contributed by atoms with Crippen LogP contribution >= 0.6 is 0 Å². The standard InChI is InChI=1S/C27H25N3O5/c1-16-7-6-8-17(13-16)15-29-25(31)23-19(26(32)35-3)14-20(18-11-12-18)28-24(23)30(27(29)33)21-9-4-5-10-22(21)34-2/h4-10,13-14,18H,11-12,15H2,1-3H3. The van der Waals surface area contributed by atoms with Gasteiger partial charge in [-0.3, -0.25) is 9.36 Å². The number of hydrogen-bond donors (Lipinski definition) is 0. The van der Waals surface area contributed by atoms with Gasteiger partial charge in [0.05, 0.1) is 37.4 Å². The molecule has 0 spiro atoms. The second-order valence-corrected chi connectivity index (χ2v) is 8.73. The van der Waals surface area contributed by atoms with Crippen LogP contribution < -0.4 is 16.0 Å². The molecule has 5 rings (SSSR count). The largest absolute Gasteiger partial charge is 0.495 e. The van der Waals surface area contributed by atoms with Gasteiger partial charge in [0.1, 0.15) is 5.75 Å². The van der Waals surface area contributed by atoms with Crippen LogP contribution in [0.3, 0.4) is 0 Å². The Hall–Kier alpha value is -4.20. The summed E-state index contributed by atoms with van der Waals surface area (Å²) in [5, 5.41) is 0.0411. The predicted octanol–water partition coefficient (Wildman–Crippen LogP) is 3.58. The first-order valence-corrected chi connectivity index (χ1v) is 11.4. The molecule has 2 heterocycles. The number of para-hydroxylation sites is 2. The lowest BCUT2D eigenvalue weighted by molar-refractivity contribution is 0.0602. The molecule has 0 unspecified atom stereocenters. The third kappa shape index (κ3) is 4.01. The number of aryl methyl sites for hydroxylation is 1. The van der Waals surface area contributed by atoms with E-state index in [9.17, 15) is 14.4 Å². The lowest BCUT2D eigenvalue weighted by Gasteiger charge is -2.18. The van der Waals surface area contributed by atoms with E-state index in [0.29, 0.717) is 17.1 Å². The van der Waals surface area contributed by atoms with E-state index in [-0.39, 0.29) is 29.1 Å². The third-order valence-corrected chi connectivity index (χ3v) is 6.26. The number of carbonyl (C=O) groups is 1. The van der Waals surface area contributed by atoms with Crippen LogP contribution in [0.25, 0.3) is 16.7 Å². The molecule has 0 bridgehead atoms. The van der Waals surface area contributed by atoms with Crippen LogP contribution in [0.1, 0.15) is 45.9 Å². The van der Waals surface area contributed by atoms with Gasteiger partial charge in [-0.05, 0) is 43.5 Å². The smallest absolute Gasteiger partial charge is 0.338 e. The minimum absolute atomic E-state index is 0.0371. The average molecular weight is 472 g/mol. The number of fused-ring (bicyclic) bond motifs is 1. The number of esters is 1.